The first-order valence-corrected chi connectivity index (χ1v) is 19.7. The number of anilines is 2. The predicted octanol–water partition coefficient (Wildman–Crippen LogP) is 10.5. The maximum Gasteiger partial charge on any atom is 0.201 e. The van der Waals surface area contributed by atoms with Crippen molar-refractivity contribution in [2.45, 2.75) is 142 Å². The van der Waals surface area contributed by atoms with Crippen molar-refractivity contribution in [3.63, 3.8) is 0 Å². The van der Waals surface area contributed by atoms with E-state index in [-0.39, 0.29) is 10.9 Å². The Labute approximate surface area is 297 Å². The second-order valence-electron chi connectivity index (χ2n) is 13.2. The first kappa shape index (κ1) is 42.1. The van der Waals surface area contributed by atoms with Crippen LogP contribution in [0, 0.1) is 0 Å². The Bertz CT molecular complexity index is 1120. The SMILES string of the molecule is CCCCCCCCCCCCOc1ccc(NCCOCCNc2ccc(OCCCCCCCCCCCC)ccc2=O)c(=O)cc1. The molecule has 2 rings (SSSR count). The van der Waals surface area contributed by atoms with Crippen LogP contribution < -0.4 is 31.0 Å². The van der Waals surface area contributed by atoms with E-state index in [4.69, 9.17) is 14.2 Å². The molecule has 0 aliphatic carbocycles. The molecule has 0 amide bonds. The van der Waals surface area contributed by atoms with Crippen LogP contribution in [0.2, 0.25) is 0 Å². The minimum atomic E-state index is -0.0813. The van der Waals surface area contributed by atoms with Gasteiger partial charge in [-0.2, -0.15) is 0 Å². The van der Waals surface area contributed by atoms with Gasteiger partial charge in [0.1, 0.15) is 11.5 Å². The summed E-state index contributed by atoms with van der Waals surface area (Å²) in [7, 11) is 0. The van der Waals surface area contributed by atoms with Crippen LogP contribution in [0.3, 0.4) is 0 Å². The van der Waals surface area contributed by atoms with Gasteiger partial charge in [-0.15, -0.1) is 0 Å². The van der Waals surface area contributed by atoms with Crippen LogP contribution in [0.5, 0.6) is 11.5 Å². The molecular formula is C42H68N2O5. The van der Waals surface area contributed by atoms with E-state index in [9.17, 15) is 9.59 Å². The summed E-state index contributed by atoms with van der Waals surface area (Å²) in [5.74, 6) is 1.42. The van der Waals surface area contributed by atoms with Gasteiger partial charge in [-0.1, -0.05) is 129 Å². The molecular weight excluding hydrogens is 612 g/mol. The van der Waals surface area contributed by atoms with Crippen molar-refractivity contribution in [2.75, 3.05) is 50.2 Å². The molecule has 7 heteroatoms. The molecule has 0 fully saturated rings. The van der Waals surface area contributed by atoms with Crippen molar-refractivity contribution >= 4 is 11.4 Å². The summed E-state index contributed by atoms with van der Waals surface area (Å²) in [4.78, 5) is 25.0. The lowest BCUT2D eigenvalue weighted by molar-refractivity contribution is 0.154. The summed E-state index contributed by atoms with van der Waals surface area (Å²) in [6.07, 6.45) is 25.8. The van der Waals surface area contributed by atoms with Crippen molar-refractivity contribution in [2.24, 2.45) is 0 Å². The van der Waals surface area contributed by atoms with Crippen LogP contribution in [-0.4, -0.2) is 39.5 Å². The lowest BCUT2D eigenvalue weighted by Crippen LogP contribution is -2.18. The quantitative estimate of drug-likeness (QED) is 0.0744. The molecule has 49 heavy (non-hydrogen) atoms. The molecule has 276 valence electrons. The monoisotopic (exact) mass is 681 g/mol. The van der Waals surface area contributed by atoms with Crippen molar-refractivity contribution in [3.05, 3.63) is 69.0 Å². The van der Waals surface area contributed by atoms with Crippen LogP contribution in [0.15, 0.2) is 58.1 Å². The Balaban J connectivity index is 1.53. The van der Waals surface area contributed by atoms with Gasteiger partial charge in [-0.05, 0) is 61.4 Å². The first-order chi connectivity index (χ1) is 24.1. The summed E-state index contributed by atoms with van der Waals surface area (Å²) in [6, 6.07) is 13.8. The minimum absolute atomic E-state index is 0.0813. The predicted molar refractivity (Wildman–Crippen MR) is 208 cm³/mol. The zero-order chi connectivity index (χ0) is 35.0. The summed E-state index contributed by atoms with van der Waals surface area (Å²) >= 11 is 0. The van der Waals surface area contributed by atoms with Gasteiger partial charge >= 0.3 is 0 Å². The molecule has 0 atom stereocenters. The molecule has 0 radical (unpaired) electrons. The number of rotatable bonds is 32. The van der Waals surface area contributed by atoms with E-state index in [1.165, 1.54) is 116 Å². The summed E-state index contributed by atoms with van der Waals surface area (Å²) in [5, 5.41) is 6.33. The highest BCUT2D eigenvalue weighted by molar-refractivity contribution is 5.45. The smallest absolute Gasteiger partial charge is 0.201 e. The molecule has 0 saturated carbocycles. The van der Waals surface area contributed by atoms with E-state index < -0.39 is 0 Å². The van der Waals surface area contributed by atoms with Crippen LogP contribution in [-0.2, 0) is 4.74 Å². The van der Waals surface area contributed by atoms with E-state index >= 15 is 0 Å². The van der Waals surface area contributed by atoms with E-state index in [2.05, 4.69) is 24.5 Å². The third kappa shape index (κ3) is 22.3. The third-order valence-corrected chi connectivity index (χ3v) is 8.81. The van der Waals surface area contributed by atoms with E-state index in [0.29, 0.717) is 62.4 Å². The van der Waals surface area contributed by atoms with Crippen LogP contribution in [0.1, 0.15) is 142 Å². The maximum absolute atomic E-state index is 12.5. The van der Waals surface area contributed by atoms with Gasteiger partial charge in [0.25, 0.3) is 0 Å². The Kier molecular flexibility index (Phi) is 25.6. The Hall–Kier alpha value is -3.06. The van der Waals surface area contributed by atoms with Gasteiger partial charge in [0.05, 0.1) is 37.8 Å². The Morgan fingerprint density at radius 2 is 0.735 bits per heavy atom. The summed E-state index contributed by atoms with van der Waals surface area (Å²) < 4.78 is 17.5. The molecule has 0 bridgehead atoms. The highest BCUT2D eigenvalue weighted by Crippen LogP contribution is 2.15. The molecule has 2 aromatic rings. The summed E-state index contributed by atoms with van der Waals surface area (Å²) in [6.45, 7) is 7.73. The van der Waals surface area contributed by atoms with Crippen LogP contribution >= 0.6 is 0 Å². The zero-order valence-electron chi connectivity index (χ0n) is 31.0. The topological polar surface area (TPSA) is 85.9 Å². The number of ether oxygens (including phenoxy) is 3. The molecule has 2 aromatic carbocycles. The average Bonchev–Trinajstić information content (AvgIpc) is 3.40. The number of unbranched alkanes of at least 4 members (excludes halogenated alkanes) is 18. The molecule has 0 unspecified atom stereocenters. The molecule has 0 aliphatic rings. The average molecular weight is 681 g/mol. The van der Waals surface area contributed by atoms with Gasteiger partial charge in [0.15, 0.2) is 0 Å². The van der Waals surface area contributed by atoms with E-state index in [0.717, 1.165) is 12.8 Å². The lowest BCUT2D eigenvalue weighted by atomic mass is 10.1. The van der Waals surface area contributed by atoms with Gasteiger partial charge < -0.3 is 24.8 Å². The van der Waals surface area contributed by atoms with E-state index in [1.807, 2.05) is 12.1 Å². The normalized spacial score (nSPS) is 11.0. The van der Waals surface area contributed by atoms with Gasteiger partial charge in [-0.25, -0.2) is 0 Å². The third-order valence-electron chi connectivity index (χ3n) is 8.81. The van der Waals surface area contributed by atoms with Crippen molar-refractivity contribution < 1.29 is 14.2 Å². The Morgan fingerprint density at radius 1 is 0.408 bits per heavy atom. The molecule has 2 N–H and O–H groups in total. The van der Waals surface area contributed by atoms with Gasteiger partial charge in [0.2, 0.25) is 10.9 Å². The highest BCUT2D eigenvalue weighted by atomic mass is 16.5. The first-order valence-electron chi connectivity index (χ1n) is 19.7. The number of hydrogen-bond acceptors (Lipinski definition) is 7. The fourth-order valence-corrected chi connectivity index (χ4v) is 5.76. The molecule has 0 spiro atoms. The van der Waals surface area contributed by atoms with Gasteiger partial charge in [-0.3, -0.25) is 9.59 Å². The molecule has 0 heterocycles. The molecule has 0 saturated heterocycles. The molecule has 7 nitrogen and oxygen atoms in total. The standard InChI is InChI=1S/C42H68N2O5/c1-3-5-7-9-11-13-15-17-19-21-33-48-37-23-27-39(41(45)29-25-37)43-31-35-47-36-32-44-40-28-24-38(26-30-42(40)46)49-34-22-20-18-16-14-12-10-8-6-4-2/h23-30H,3-22,31-36H2,1-2H3,(H,43,45)(H,44,46). The summed E-state index contributed by atoms with van der Waals surface area (Å²) in [5.41, 5.74) is 0.883. The van der Waals surface area contributed by atoms with Crippen molar-refractivity contribution in [1.82, 2.24) is 0 Å². The minimum Gasteiger partial charge on any atom is -0.494 e. The van der Waals surface area contributed by atoms with Gasteiger partial charge in [0, 0.05) is 13.1 Å². The fraction of sp³-hybridized carbons (Fsp3) is 0.667. The van der Waals surface area contributed by atoms with Crippen molar-refractivity contribution in [1.29, 1.82) is 0 Å². The van der Waals surface area contributed by atoms with E-state index in [1.54, 1.807) is 36.4 Å². The van der Waals surface area contributed by atoms with Crippen LogP contribution in [0.25, 0.3) is 0 Å². The zero-order valence-corrected chi connectivity index (χ0v) is 31.0. The molecule has 0 aliphatic heterocycles. The Morgan fingerprint density at radius 3 is 1.10 bits per heavy atom. The maximum atomic E-state index is 12.5. The number of nitrogens with one attached hydrogen (secondary N) is 2. The fourth-order valence-electron chi connectivity index (χ4n) is 5.76. The molecule has 0 aromatic heterocycles. The second-order valence-corrected chi connectivity index (χ2v) is 13.2. The van der Waals surface area contributed by atoms with Crippen LogP contribution in [0.4, 0.5) is 11.4 Å². The largest absolute Gasteiger partial charge is 0.494 e. The highest BCUT2D eigenvalue weighted by Gasteiger charge is 2.02. The lowest BCUT2D eigenvalue weighted by Gasteiger charge is -2.07. The number of hydrogen-bond donors (Lipinski definition) is 2. The van der Waals surface area contributed by atoms with Crippen molar-refractivity contribution in [3.8, 4) is 11.5 Å². The second kappa shape index (κ2) is 29.8.